The summed E-state index contributed by atoms with van der Waals surface area (Å²) < 4.78 is 0. The molecule has 0 radical (unpaired) electrons. The normalized spacial score (nSPS) is 13.3. The standard InChI is InChI=1S/C9H15NS/c1-2-3-5-8(10)9-6-4-7-11-9/h4,6-8H,2-3,5,10H2,1H3/t8-/m1/s1. The van der Waals surface area contributed by atoms with Crippen molar-refractivity contribution in [2.45, 2.75) is 32.2 Å². The summed E-state index contributed by atoms with van der Waals surface area (Å²) in [5.74, 6) is 0. The monoisotopic (exact) mass is 169 g/mol. The van der Waals surface area contributed by atoms with Crippen molar-refractivity contribution in [1.29, 1.82) is 0 Å². The van der Waals surface area contributed by atoms with Crippen LogP contribution in [0.4, 0.5) is 0 Å². The lowest BCUT2D eigenvalue weighted by atomic mass is 10.1. The summed E-state index contributed by atoms with van der Waals surface area (Å²) in [5, 5.41) is 2.08. The number of nitrogens with two attached hydrogens (primary N) is 1. The maximum absolute atomic E-state index is 5.94. The van der Waals surface area contributed by atoms with Gasteiger partial charge in [-0.15, -0.1) is 11.3 Å². The Kier molecular flexibility index (Phi) is 3.60. The fourth-order valence-electron chi connectivity index (χ4n) is 1.07. The topological polar surface area (TPSA) is 26.0 Å². The summed E-state index contributed by atoms with van der Waals surface area (Å²) in [5.41, 5.74) is 5.94. The van der Waals surface area contributed by atoms with Crippen LogP contribution in [0.25, 0.3) is 0 Å². The first-order valence-electron chi connectivity index (χ1n) is 4.13. The van der Waals surface area contributed by atoms with Crippen LogP contribution in [-0.2, 0) is 0 Å². The lowest BCUT2D eigenvalue weighted by Crippen LogP contribution is -2.07. The molecule has 0 saturated heterocycles. The van der Waals surface area contributed by atoms with E-state index in [4.69, 9.17) is 5.73 Å². The molecule has 1 nitrogen and oxygen atoms in total. The van der Waals surface area contributed by atoms with Crippen molar-refractivity contribution < 1.29 is 0 Å². The molecule has 0 fully saturated rings. The molecule has 0 unspecified atom stereocenters. The maximum atomic E-state index is 5.94. The van der Waals surface area contributed by atoms with Crippen molar-refractivity contribution in [2.24, 2.45) is 5.73 Å². The molecule has 0 aromatic carbocycles. The summed E-state index contributed by atoms with van der Waals surface area (Å²) in [7, 11) is 0. The van der Waals surface area contributed by atoms with Gasteiger partial charge in [0.2, 0.25) is 0 Å². The molecule has 0 spiro atoms. The molecule has 1 atom stereocenters. The summed E-state index contributed by atoms with van der Waals surface area (Å²) in [6, 6.07) is 4.45. The Morgan fingerprint density at radius 3 is 3.00 bits per heavy atom. The SMILES string of the molecule is CCCC[C@@H](N)c1cccs1. The quantitative estimate of drug-likeness (QED) is 0.736. The van der Waals surface area contributed by atoms with E-state index < -0.39 is 0 Å². The van der Waals surface area contributed by atoms with Crippen LogP contribution in [0.3, 0.4) is 0 Å². The average molecular weight is 169 g/mol. The third-order valence-corrected chi connectivity index (χ3v) is 2.78. The zero-order valence-electron chi connectivity index (χ0n) is 6.92. The minimum atomic E-state index is 0.273. The van der Waals surface area contributed by atoms with Gasteiger partial charge < -0.3 is 5.73 Å². The van der Waals surface area contributed by atoms with Crippen LogP contribution in [0.1, 0.15) is 37.1 Å². The molecular weight excluding hydrogens is 154 g/mol. The maximum Gasteiger partial charge on any atom is 0.0389 e. The van der Waals surface area contributed by atoms with E-state index >= 15 is 0 Å². The lowest BCUT2D eigenvalue weighted by Gasteiger charge is -2.07. The number of rotatable bonds is 4. The van der Waals surface area contributed by atoms with Gasteiger partial charge in [0.05, 0.1) is 0 Å². The van der Waals surface area contributed by atoms with E-state index in [1.807, 2.05) is 0 Å². The lowest BCUT2D eigenvalue weighted by molar-refractivity contribution is 0.611. The fraction of sp³-hybridized carbons (Fsp3) is 0.556. The van der Waals surface area contributed by atoms with Gasteiger partial charge in [-0.05, 0) is 17.9 Å². The van der Waals surface area contributed by atoms with Gasteiger partial charge in [-0.25, -0.2) is 0 Å². The van der Waals surface area contributed by atoms with Crippen molar-refractivity contribution in [3.63, 3.8) is 0 Å². The molecule has 2 N–H and O–H groups in total. The summed E-state index contributed by atoms with van der Waals surface area (Å²) in [4.78, 5) is 1.32. The minimum Gasteiger partial charge on any atom is -0.323 e. The van der Waals surface area contributed by atoms with Gasteiger partial charge in [-0.1, -0.05) is 25.8 Å². The highest BCUT2D eigenvalue weighted by atomic mass is 32.1. The molecule has 1 aromatic heterocycles. The molecule has 2 heteroatoms. The second kappa shape index (κ2) is 4.52. The molecule has 0 aliphatic carbocycles. The van der Waals surface area contributed by atoms with Crippen molar-refractivity contribution in [1.82, 2.24) is 0 Å². The molecule has 0 aliphatic heterocycles. The van der Waals surface area contributed by atoms with Crippen LogP contribution >= 0.6 is 11.3 Å². The smallest absolute Gasteiger partial charge is 0.0389 e. The molecule has 62 valence electrons. The van der Waals surface area contributed by atoms with E-state index in [1.54, 1.807) is 11.3 Å². The average Bonchev–Trinajstić information content (AvgIpc) is 2.52. The molecule has 11 heavy (non-hydrogen) atoms. The first-order valence-corrected chi connectivity index (χ1v) is 5.01. The third kappa shape index (κ3) is 2.64. The first kappa shape index (κ1) is 8.75. The Bertz CT molecular complexity index is 181. The Hall–Kier alpha value is -0.340. The van der Waals surface area contributed by atoms with Crippen LogP contribution in [0, 0.1) is 0 Å². The van der Waals surface area contributed by atoms with Crippen molar-refractivity contribution in [3.05, 3.63) is 22.4 Å². The summed E-state index contributed by atoms with van der Waals surface area (Å²) in [6.07, 6.45) is 3.59. The Morgan fingerprint density at radius 1 is 1.64 bits per heavy atom. The van der Waals surface area contributed by atoms with Crippen LogP contribution in [-0.4, -0.2) is 0 Å². The summed E-state index contributed by atoms with van der Waals surface area (Å²) >= 11 is 1.76. The molecule has 0 aliphatic rings. The highest BCUT2D eigenvalue weighted by Gasteiger charge is 2.04. The van der Waals surface area contributed by atoms with Gasteiger partial charge in [-0.3, -0.25) is 0 Å². The molecule has 0 amide bonds. The highest BCUT2D eigenvalue weighted by Crippen LogP contribution is 2.20. The second-order valence-corrected chi connectivity index (χ2v) is 3.74. The van der Waals surface area contributed by atoms with Crippen LogP contribution in [0.15, 0.2) is 17.5 Å². The Morgan fingerprint density at radius 2 is 2.45 bits per heavy atom. The highest BCUT2D eigenvalue weighted by molar-refractivity contribution is 7.10. The van der Waals surface area contributed by atoms with E-state index in [9.17, 15) is 0 Å². The minimum absolute atomic E-state index is 0.273. The second-order valence-electron chi connectivity index (χ2n) is 2.76. The van der Waals surface area contributed by atoms with E-state index in [0.29, 0.717) is 0 Å². The fourth-order valence-corrected chi connectivity index (χ4v) is 1.83. The number of hydrogen-bond acceptors (Lipinski definition) is 2. The predicted molar refractivity (Wildman–Crippen MR) is 50.8 cm³/mol. The van der Waals surface area contributed by atoms with Crippen molar-refractivity contribution >= 4 is 11.3 Å². The first-order chi connectivity index (χ1) is 5.34. The van der Waals surface area contributed by atoms with Gasteiger partial charge in [-0.2, -0.15) is 0 Å². The summed E-state index contributed by atoms with van der Waals surface area (Å²) in [6.45, 7) is 2.20. The predicted octanol–water partition coefficient (Wildman–Crippen LogP) is 2.94. The van der Waals surface area contributed by atoms with Gasteiger partial charge in [0, 0.05) is 10.9 Å². The van der Waals surface area contributed by atoms with E-state index in [0.717, 1.165) is 6.42 Å². The van der Waals surface area contributed by atoms with Crippen LogP contribution in [0.5, 0.6) is 0 Å². The zero-order valence-corrected chi connectivity index (χ0v) is 7.73. The zero-order chi connectivity index (χ0) is 8.10. The largest absolute Gasteiger partial charge is 0.323 e. The molecule has 1 aromatic rings. The Labute approximate surface area is 72.2 Å². The Balaban J connectivity index is 2.36. The van der Waals surface area contributed by atoms with Crippen LogP contribution in [0.2, 0.25) is 0 Å². The molecule has 0 saturated carbocycles. The molecule has 1 rings (SSSR count). The van der Waals surface area contributed by atoms with Gasteiger partial charge in [0.25, 0.3) is 0 Å². The molecule has 0 bridgehead atoms. The van der Waals surface area contributed by atoms with E-state index in [1.165, 1.54) is 17.7 Å². The van der Waals surface area contributed by atoms with E-state index in [2.05, 4.69) is 24.4 Å². The van der Waals surface area contributed by atoms with Crippen LogP contribution < -0.4 is 5.73 Å². The molecular formula is C9H15NS. The molecule has 1 heterocycles. The van der Waals surface area contributed by atoms with Gasteiger partial charge in [0.1, 0.15) is 0 Å². The van der Waals surface area contributed by atoms with Crippen molar-refractivity contribution in [2.75, 3.05) is 0 Å². The third-order valence-electron chi connectivity index (χ3n) is 1.78. The number of thiophene rings is 1. The van der Waals surface area contributed by atoms with Crippen molar-refractivity contribution in [3.8, 4) is 0 Å². The number of unbranched alkanes of at least 4 members (excludes halogenated alkanes) is 1. The van der Waals surface area contributed by atoms with Gasteiger partial charge in [0.15, 0.2) is 0 Å². The number of hydrogen-bond donors (Lipinski definition) is 1. The van der Waals surface area contributed by atoms with Gasteiger partial charge >= 0.3 is 0 Å². The van der Waals surface area contributed by atoms with E-state index in [-0.39, 0.29) is 6.04 Å².